The van der Waals surface area contributed by atoms with Gasteiger partial charge < -0.3 is 0 Å². The molecule has 3 aromatic rings. The van der Waals surface area contributed by atoms with Crippen LogP contribution >= 0.6 is 22.9 Å². The van der Waals surface area contributed by atoms with E-state index in [1.807, 2.05) is 0 Å². The van der Waals surface area contributed by atoms with Crippen molar-refractivity contribution in [2.45, 2.75) is 9.10 Å². The first-order chi connectivity index (χ1) is 12.8. The number of hydrogen-bond donors (Lipinski definition) is 0. The Hall–Kier alpha value is -1.57. The molecule has 0 saturated carbocycles. The van der Waals surface area contributed by atoms with Gasteiger partial charge in [0.1, 0.15) is 14.6 Å². The standard InChI is InChI=1S/C14H13ClN4O5S3/c15-12-4-5-13(25-12)27(22,23)19-8-6-18(7-9-19)26(20,21)11-3-1-2-10-14(11)17-24-16-10/h1-5H,6-9H2. The third kappa shape index (κ3) is 3.26. The zero-order chi connectivity index (χ0) is 19.2. The molecular weight excluding hydrogens is 436 g/mol. The van der Waals surface area contributed by atoms with Crippen LogP contribution < -0.4 is 0 Å². The minimum absolute atomic E-state index is 0.0115. The second kappa shape index (κ2) is 6.79. The lowest BCUT2D eigenvalue weighted by Gasteiger charge is -2.32. The van der Waals surface area contributed by atoms with Crippen LogP contribution in [0.25, 0.3) is 11.0 Å². The summed E-state index contributed by atoms with van der Waals surface area (Å²) < 4.78 is 58.9. The molecule has 144 valence electrons. The summed E-state index contributed by atoms with van der Waals surface area (Å²) in [5.41, 5.74) is 0.493. The molecule has 0 N–H and O–H groups in total. The molecule has 1 fully saturated rings. The summed E-state index contributed by atoms with van der Waals surface area (Å²) >= 11 is 6.80. The van der Waals surface area contributed by atoms with Gasteiger partial charge in [-0.3, -0.25) is 0 Å². The Morgan fingerprint density at radius 1 is 0.926 bits per heavy atom. The highest BCUT2D eigenvalue weighted by Crippen LogP contribution is 2.30. The summed E-state index contributed by atoms with van der Waals surface area (Å²) in [5.74, 6) is 0. The predicted molar refractivity (Wildman–Crippen MR) is 98.7 cm³/mol. The number of rotatable bonds is 4. The van der Waals surface area contributed by atoms with Gasteiger partial charge in [-0.25, -0.2) is 21.5 Å². The van der Waals surface area contributed by atoms with E-state index in [2.05, 4.69) is 14.9 Å². The van der Waals surface area contributed by atoms with Crippen LogP contribution in [0.15, 0.2) is 44.1 Å². The number of piperazine rings is 1. The van der Waals surface area contributed by atoms with E-state index >= 15 is 0 Å². The molecule has 0 spiro atoms. The molecular formula is C14H13ClN4O5S3. The van der Waals surface area contributed by atoms with Crippen molar-refractivity contribution < 1.29 is 21.5 Å². The number of thiophene rings is 1. The predicted octanol–water partition coefficient (Wildman–Crippen LogP) is 1.63. The average molecular weight is 449 g/mol. The lowest BCUT2D eigenvalue weighted by molar-refractivity contribution is 0.273. The van der Waals surface area contributed by atoms with E-state index in [0.29, 0.717) is 9.85 Å². The maximum Gasteiger partial charge on any atom is 0.252 e. The van der Waals surface area contributed by atoms with Crippen molar-refractivity contribution in [2.24, 2.45) is 0 Å². The molecule has 1 saturated heterocycles. The lowest BCUT2D eigenvalue weighted by atomic mass is 10.3. The van der Waals surface area contributed by atoms with Crippen molar-refractivity contribution in [3.63, 3.8) is 0 Å². The lowest BCUT2D eigenvalue weighted by Crippen LogP contribution is -2.50. The smallest absolute Gasteiger partial charge is 0.243 e. The van der Waals surface area contributed by atoms with Gasteiger partial charge in [0.25, 0.3) is 10.0 Å². The molecule has 0 bridgehead atoms. The van der Waals surface area contributed by atoms with Gasteiger partial charge in [-0.15, -0.1) is 11.3 Å². The average Bonchev–Trinajstić information content (AvgIpc) is 3.30. The first-order valence-electron chi connectivity index (χ1n) is 7.77. The Balaban J connectivity index is 1.56. The fourth-order valence-corrected chi connectivity index (χ4v) is 7.46. The molecule has 1 aliphatic rings. The topological polar surface area (TPSA) is 114 Å². The van der Waals surface area contributed by atoms with E-state index in [0.717, 1.165) is 11.3 Å². The van der Waals surface area contributed by atoms with Gasteiger partial charge in [-0.05, 0) is 34.6 Å². The number of fused-ring (bicyclic) bond motifs is 1. The number of halogens is 1. The quantitative estimate of drug-likeness (QED) is 0.595. The number of sulfonamides is 2. The second-order valence-corrected chi connectivity index (χ2v) is 11.5. The van der Waals surface area contributed by atoms with Crippen LogP contribution in [-0.2, 0) is 20.0 Å². The molecule has 3 heterocycles. The highest BCUT2D eigenvalue weighted by atomic mass is 35.5. The molecule has 9 nitrogen and oxygen atoms in total. The number of nitrogens with zero attached hydrogens (tertiary/aromatic N) is 4. The van der Waals surface area contributed by atoms with Crippen LogP contribution in [0.1, 0.15) is 0 Å². The van der Waals surface area contributed by atoms with Gasteiger partial charge >= 0.3 is 0 Å². The molecule has 0 unspecified atom stereocenters. The monoisotopic (exact) mass is 448 g/mol. The Morgan fingerprint density at radius 2 is 1.59 bits per heavy atom. The summed E-state index contributed by atoms with van der Waals surface area (Å²) in [4.78, 5) is -0.0115. The van der Waals surface area contributed by atoms with Crippen molar-refractivity contribution in [3.05, 3.63) is 34.7 Å². The van der Waals surface area contributed by atoms with Crippen molar-refractivity contribution in [1.29, 1.82) is 0 Å². The van der Waals surface area contributed by atoms with Gasteiger partial charge in [0.2, 0.25) is 10.0 Å². The highest BCUT2D eigenvalue weighted by molar-refractivity contribution is 7.91. The highest BCUT2D eigenvalue weighted by Gasteiger charge is 2.35. The Kier molecular flexibility index (Phi) is 4.72. The van der Waals surface area contributed by atoms with Gasteiger partial charge in [0, 0.05) is 26.2 Å². The molecule has 13 heteroatoms. The molecule has 1 aliphatic heterocycles. The van der Waals surface area contributed by atoms with Crippen LogP contribution in [0.2, 0.25) is 4.34 Å². The fourth-order valence-electron chi connectivity index (χ4n) is 2.84. The summed E-state index contributed by atoms with van der Waals surface area (Å²) in [7, 11) is -7.55. The Morgan fingerprint density at radius 3 is 2.22 bits per heavy atom. The molecule has 0 amide bonds. The van der Waals surface area contributed by atoms with Gasteiger partial charge in [-0.2, -0.15) is 8.61 Å². The normalized spacial score (nSPS) is 17.5. The van der Waals surface area contributed by atoms with Crippen LogP contribution in [0.3, 0.4) is 0 Å². The molecule has 2 aromatic heterocycles. The van der Waals surface area contributed by atoms with Crippen LogP contribution in [-0.4, -0.2) is 61.9 Å². The zero-order valence-electron chi connectivity index (χ0n) is 13.6. The SMILES string of the molecule is O=S(=O)(c1ccc(Cl)s1)N1CCN(S(=O)(=O)c2cccc3nonc23)CC1. The van der Waals surface area contributed by atoms with Crippen molar-refractivity contribution >= 4 is 54.0 Å². The molecule has 0 atom stereocenters. The van der Waals surface area contributed by atoms with Gasteiger partial charge in [0.15, 0.2) is 5.52 Å². The van der Waals surface area contributed by atoms with E-state index < -0.39 is 20.0 Å². The maximum absolute atomic E-state index is 13.0. The van der Waals surface area contributed by atoms with Crippen molar-refractivity contribution in [2.75, 3.05) is 26.2 Å². The minimum Gasteiger partial charge on any atom is -0.243 e. The molecule has 4 rings (SSSR count). The summed E-state index contributed by atoms with van der Waals surface area (Å²) in [5, 5.41) is 7.32. The van der Waals surface area contributed by atoms with Gasteiger partial charge in [0.05, 0.1) is 4.34 Å². The maximum atomic E-state index is 13.0. The summed E-state index contributed by atoms with van der Waals surface area (Å²) in [6.45, 7) is 0.152. The Labute approximate surface area is 164 Å². The van der Waals surface area contributed by atoms with Crippen LogP contribution in [0.4, 0.5) is 0 Å². The van der Waals surface area contributed by atoms with E-state index in [-0.39, 0.29) is 40.8 Å². The third-order valence-corrected chi connectivity index (χ3v) is 9.73. The third-order valence-electron chi connectivity index (χ3n) is 4.21. The van der Waals surface area contributed by atoms with E-state index in [9.17, 15) is 16.8 Å². The minimum atomic E-state index is -3.86. The number of aromatic nitrogens is 2. The van der Waals surface area contributed by atoms with Crippen LogP contribution in [0.5, 0.6) is 0 Å². The molecule has 0 aliphatic carbocycles. The largest absolute Gasteiger partial charge is 0.252 e. The molecule has 0 radical (unpaired) electrons. The first-order valence-corrected chi connectivity index (χ1v) is 11.8. The molecule has 27 heavy (non-hydrogen) atoms. The van der Waals surface area contributed by atoms with Crippen LogP contribution in [0, 0.1) is 0 Å². The number of hydrogen-bond acceptors (Lipinski definition) is 8. The summed E-state index contributed by atoms with van der Waals surface area (Å²) in [6.07, 6.45) is 0. The van der Waals surface area contributed by atoms with E-state index in [4.69, 9.17) is 11.6 Å². The van der Waals surface area contributed by atoms with E-state index in [1.165, 1.54) is 26.8 Å². The fraction of sp³-hybridized carbons (Fsp3) is 0.286. The van der Waals surface area contributed by atoms with Crippen molar-refractivity contribution in [1.82, 2.24) is 18.9 Å². The summed E-state index contributed by atoms with van der Waals surface area (Å²) in [6, 6.07) is 7.55. The second-order valence-electron chi connectivity index (χ2n) is 5.75. The molecule has 1 aromatic carbocycles. The van der Waals surface area contributed by atoms with Crippen molar-refractivity contribution in [3.8, 4) is 0 Å². The first kappa shape index (κ1) is 18.8. The zero-order valence-corrected chi connectivity index (χ0v) is 16.9. The number of benzene rings is 1. The Bertz CT molecular complexity index is 1200. The van der Waals surface area contributed by atoms with Gasteiger partial charge in [-0.1, -0.05) is 17.7 Å². The van der Waals surface area contributed by atoms with E-state index in [1.54, 1.807) is 12.1 Å².